The molecule has 1 atom stereocenters. The Morgan fingerprint density at radius 1 is 1.29 bits per heavy atom. The van der Waals surface area contributed by atoms with E-state index in [1.54, 1.807) is 0 Å². The number of para-hydroxylation sites is 1. The van der Waals surface area contributed by atoms with Gasteiger partial charge in [0.2, 0.25) is 0 Å². The minimum Gasteiger partial charge on any atom is -0.356 e. The number of hydrogen-bond donors (Lipinski definition) is 1. The van der Waals surface area contributed by atoms with Gasteiger partial charge in [-0.25, -0.2) is 0 Å². The van der Waals surface area contributed by atoms with Crippen LogP contribution in [0.25, 0.3) is 0 Å². The van der Waals surface area contributed by atoms with Gasteiger partial charge in [0.25, 0.3) is 0 Å². The van der Waals surface area contributed by atoms with Crippen molar-refractivity contribution in [2.75, 3.05) is 24.5 Å². The highest BCUT2D eigenvalue weighted by Crippen LogP contribution is 2.20. The Morgan fingerprint density at radius 3 is 2.64 bits per heavy atom. The van der Waals surface area contributed by atoms with Crippen LogP contribution in [0, 0.1) is 0 Å². The van der Waals surface area contributed by atoms with Gasteiger partial charge in [-0.05, 0) is 12.1 Å². The van der Waals surface area contributed by atoms with E-state index in [2.05, 4.69) is 56.5 Å². The Hall–Kier alpha value is -0.250. The van der Waals surface area contributed by atoms with E-state index < -0.39 is 0 Å². The van der Waals surface area contributed by atoms with E-state index in [-0.39, 0.29) is 12.4 Å². The molecule has 1 aliphatic rings. The molecular weight excluding hydrogens is 263 g/mol. The predicted octanol–water partition coefficient (Wildman–Crippen LogP) is 2.24. The molecular formula is C10H14BrClN2. The van der Waals surface area contributed by atoms with Gasteiger partial charge in [-0.15, -0.1) is 12.4 Å². The quantitative estimate of drug-likeness (QED) is 0.626. The zero-order valence-corrected chi connectivity index (χ0v) is 10.2. The van der Waals surface area contributed by atoms with Crippen LogP contribution < -0.4 is 10.2 Å². The van der Waals surface area contributed by atoms with Crippen LogP contribution in [0.5, 0.6) is 0 Å². The molecule has 78 valence electrons. The molecule has 1 N–H and O–H groups in total. The first-order valence-electron chi connectivity index (χ1n) is 4.54. The summed E-state index contributed by atoms with van der Waals surface area (Å²) in [5.74, 6) is 0. The Kier molecular flexibility index (Phi) is 4.72. The lowest BCUT2D eigenvalue weighted by Gasteiger charge is -2.34. The molecule has 14 heavy (non-hydrogen) atoms. The molecule has 2 nitrogen and oxygen atoms in total. The number of hydrogen-bond acceptors (Lipinski definition) is 2. The molecule has 1 heterocycles. The topological polar surface area (TPSA) is 15.3 Å². The zero-order chi connectivity index (χ0) is 9.10. The normalized spacial score (nSPS) is 21.5. The summed E-state index contributed by atoms with van der Waals surface area (Å²) >= 11 is 3.65. The maximum atomic E-state index is 3.65. The van der Waals surface area contributed by atoms with E-state index in [1.165, 1.54) is 5.69 Å². The van der Waals surface area contributed by atoms with E-state index in [1.807, 2.05) is 0 Å². The first-order chi connectivity index (χ1) is 6.38. The summed E-state index contributed by atoms with van der Waals surface area (Å²) in [6, 6.07) is 10.5. The lowest BCUT2D eigenvalue weighted by atomic mass is 10.2. The van der Waals surface area contributed by atoms with Crippen molar-refractivity contribution in [2.24, 2.45) is 0 Å². The van der Waals surface area contributed by atoms with E-state index in [0.717, 1.165) is 19.6 Å². The molecule has 1 aromatic rings. The largest absolute Gasteiger partial charge is 0.356 e. The van der Waals surface area contributed by atoms with Crippen molar-refractivity contribution < 1.29 is 0 Å². The van der Waals surface area contributed by atoms with Gasteiger partial charge in [0, 0.05) is 25.3 Å². The first-order valence-corrected chi connectivity index (χ1v) is 5.46. The van der Waals surface area contributed by atoms with Crippen LogP contribution in [0.3, 0.4) is 0 Å². The number of benzene rings is 1. The Morgan fingerprint density at radius 2 is 2.00 bits per heavy atom. The second-order valence-electron chi connectivity index (χ2n) is 3.17. The highest BCUT2D eigenvalue weighted by molar-refractivity contribution is 9.09. The number of nitrogens with one attached hydrogen (secondary N) is 1. The van der Waals surface area contributed by atoms with Crippen molar-refractivity contribution in [3.63, 3.8) is 0 Å². The average molecular weight is 278 g/mol. The molecule has 1 unspecified atom stereocenters. The highest BCUT2D eigenvalue weighted by atomic mass is 79.9. The third-order valence-electron chi connectivity index (χ3n) is 2.27. The van der Waals surface area contributed by atoms with E-state index >= 15 is 0 Å². The van der Waals surface area contributed by atoms with Crippen molar-refractivity contribution in [3.8, 4) is 0 Å². The van der Waals surface area contributed by atoms with Crippen LogP contribution in [0.2, 0.25) is 0 Å². The molecule has 0 spiro atoms. The van der Waals surface area contributed by atoms with Gasteiger partial charge < -0.3 is 10.2 Å². The number of piperazine rings is 1. The van der Waals surface area contributed by atoms with Crippen LogP contribution >= 0.6 is 28.3 Å². The fourth-order valence-corrected chi connectivity index (χ4v) is 2.25. The fraction of sp³-hybridized carbons (Fsp3) is 0.400. The van der Waals surface area contributed by atoms with Crippen molar-refractivity contribution in [1.82, 2.24) is 5.32 Å². The van der Waals surface area contributed by atoms with Crippen LogP contribution in [0.4, 0.5) is 5.69 Å². The minimum atomic E-state index is 0. The summed E-state index contributed by atoms with van der Waals surface area (Å²) in [6.45, 7) is 3.14. The summed E-state index contributed by atoms with van der Waals surface area (Å²) in [4.78, 5) is 2.79. The lowest BCUT2D eigenvalue weighted by Crippen LogP contribution is -2.48. The smallest absolute Gasteiger partial charge is 0.0970 e. The number of nitrogens with zero attached hydrogens (tertiary/aromatic N) is 1. The summed E-state index contributed by atoms with van der Waals surface area (Å²) in [5, 5.41) is 3.35. The Labute approximate surface area is 99.2 Å². The molecule has 1 fully saturated rings. The summed E-state index contributed by atoms with van der Waals surface area (Å²) in [5.41, 5.74) is 1.30. The number of halogens is 2. The molecule has 1 aromatic carbocycles. The molecule has 1 saturated heterocycles. The molecule has 0 amide bonds. The van der Waals surface area contributed by atoms with Crippen LogP contribution in [0.15, 0.2) is 30.3 Å². The zero-order valence-electron chi connectivity index (χ0n) is 7.82. The van der Waals surface area contributed by atoms with Gasteiger partial charge in [0.1, 0.15) is 0 Å². The molecule has 2 rings (SSSR count). The van der Waals surface area contributed by atoms with Crippen LogP contribution in [-0.2, 0) is 0 Å². The second kappa shape index (κ2) is 5.59. The van der Waals surface area contributed by atoms with Gasteiger partial charge in [-0.2, -0.15) is 0 Å². The summed E-state index contributed by atoms with van der Waals surface area (Å²) < 4.78 is 0. The molecule has 0 radical (unpaired) electrons. The molecule has 4 heteroatoms. The first kappa shape index (κ1) is 11.8. The van der Waals surface area contributed by atoms with Gasteiger partial charge in [0.05, 0.1) is 4.95 Å². The molecule has 0 bridgehead atoms. The number of alkyl halides is 1. The number of anilines is 1. The minimum absolute atomic E-state index is 0. The van der Waals surface area contributed by atoms with Crippen molar-refractivity contribution in [1.29, 1.82) is 0 Å². The van der Waals surface area contributed by atoms with Gasteiger partial charge in [-0.3, -0.25) is 0 Å². The predicted molar refractivity (Wildman–Crippen MR) is 66.6 cm³/mol. The molecule has 0 aromatic heterocycles. The third kappa shape index (κ3) is 2.62. The molecule has 0 aliphatic carbocycles. The Bertz CT molecular complexity index is 268. The second-order valence-corrected chi connectivity index (χ2v) is 4.22. The lowest BCUT2D eigenvalue weighted by molar-refractivity contribution is 0.569. The van der Waals surface area contributed by atoms with Crippen molar-refractivity contribution in [2.45, 2.75) is 4.95 Å². The Balaban J connectivity index is 0.000000980. The van der Waals surface area contributed by atoms with Crippen molar-refractivity contribution in [3.05, 3.63) is 30.3 Å². The summed E-state index contributed by atoms with van der Waals surface area (Å²) in [7, 11) is 0. The standard InChI is InChI=1S/C10H13BrN2.ClH/c11-10-8-12-6-7-13(10)9-4-2-1-3-5-9;/h1-5,10,12H,6-8H2;1H. The van der Waals surface area contributed by atoms with Gasteiger partial charge >= 0.3 is 0 Å². The average Bonchev–Trinajstić information content (AvgIpc) is 2.20. The third-order valence-corrected chi connectivity index (χ3v) is 3.09. The summed E-state index contributed by atoms with van der Waals surface area (Å²) in [6.07, 6.45) is 0. The highest BCUT2D eigenvalue weighted by Gasteiger charge is 2.18. The van der Waals surface area contributed by atoms with Crippen LogP contribution in [0.1, 0.15) is 0 Å². The van der Waals surface area contributed by atoms with E-state index in [0.29, 0.717) is 4.95 Å². The van der Waals surface area contributed by atoms with Gasteiger partial charge in [0.15, 0.2) is 0 Å². The molecule has 1 aliphatic heterocycles. The number of rotatable bonds is 1. The van der Waals surface area contributed by atoms with Crippen molar-refractivity contribution >= 4 is 34.0 Å². The van der Waals surface area contributed by atoms with E-state index in [4.69, 9.17) is 0 Å². The van der Waals surface area contributed by atoms with Gasteiger partial charge in [-0.1, -0.05) is 34.1 Å². The maximum Gasteiger partial charge on any atom is 0.0970 e. The van der Waals surface area contributed by atoms with Crippen LogP contribution in [-0.4, -0.2) is 24.6 Å². The monoisotopic (exact) mass is 276 g/mol. The van der Waals surface area contributed by atoms with E-state index in [9.17, 15) is 0 Å². The molecule has 0 saturated carbocycles. The SMILES string of the molecule is BrC1CNCCN1c1ccccc1.Cl. The fourth-order valence-electron chi connectivity index (χ4n) is 1.58. The maximum absolute atomic E-state index is 3.65.